The Morgan fingerprint density at radius 1 is 1.17 bits per heavy atom. The van der Waals surface area contributed by atoms with Gasteiger partial charge in [0.05, 0.1) is 17.2 Å². The maximum absolute atomic E-state index is 13.4. The number of hydrogen-bond donors (Lipinski definition) is 3. The summed E-state index contributed by atoms with van der Waals surface area (Å²) in [5, 5.41) is 7.56. The van der Waals surface area contributed by atoms with E-state index in [2.05, 4.69) is 16.0 Å². The highest BCUT2D eigenvalue weighted by Crippen LogP contribution is 2.12. The van der Waals surface area contributed by atoms with Crippen molar-refractivity contribution >= 4 is 35.2 Å². The molecule has 8 heteroatoms. The zero-order valence-electron chi connectivity index (χ0n) is 13.0. The third kappa shape index (κ3) is 7.14. The number of hydrogen-bond acceptors (Lipinski definition) is 4. The number of carbonyl (C=O) groups excluding carboxylic acids is 3. The highest BCUT2D eigenvalue weighted by atomic mass is 32.2. The Kier molecular flexibility index (Phi) is 8.10. The van der Waals surface area contributed by atoms with Crippen LogP contribution in [0.5, 0.6) is 0 Å². The fraction of sp³-hybridized carbons (Fsp3) is 0.400. The predicted octanol–water partition coefficient (Wildman–Crippen LogP) is 1.14. The summed E-state index contributed by atoms with van der Waals surface area (Å²) in [5.41, 5.74) is 0.104. The van der Waals surface area contributed by atoms with E-state index in [1.165, 1.54) is 18.2 Å². The molecule has 0 bridgehead atoms. The lowest BCUT2D eigenvalue weighted by molar-refractivity contribution is -0.127. The van der Waals surface area contributed by atoms with E-state index in [1.54, 1.807) is 19.9 Å². The first kappa shape index (κ1) is 19.0. The number of carbonyl (C=O) groups is 3. The van der Waals surface area contributed by atoms with Crippen molar-refractivity contribution in [2.45, 2.75) is 19.9 Å². The van der Waals surface area contributed by atoms with Gasteiger partial charge in [-0.25, -0.2) is 4.39 Å². The van der Waals surface area contributed by atoms with Gasteiger partial charge < -0.3 is 16.0 Å². The van der Waals surface area contributed by atoms with Crippen LogP contribution in [0.15, 0.2) is 24.3 Å². The summed E-state index contributed by atoms with van der Waals surface area (Å²) in [6.45, 7) is 3.86. The maximum atomic E-state index is 13.4. The van der Waals surface area contributed by atoms with Gasteiger partial charge in [-0.1, -0.05) is 12.1 Å². The molecule has 1 aromatic rings. The van der Waals surface area contributed by atoms with Crippen LogP contribution in [0.4, 0.5) is 10.1 Å². The van der Waals surface area contributed by atoms with Gasteiger partial charge in [0.2, 0.25) is 17.7 Å². The van der Waals surface area contributed by atoms with Gasteiger partial charge in [0.15, 0.2) is 0 Å². The number of anilines is 1. The molecule has 0 spiro atoms. The van der Waals surface area contributed by atoms with E-state index in [0.29, 0.717) is 6.54 Å². The smallest absolute Gasteiger partial charge is 0.242 e. The molecule has 1 aromatic carbocycles. The van der Waals surface area contributed by atoms with Crippen LogP contribution >= 0.6 is 11.8 Å². The summed E-state index contributed by atoms with van der Waals surface area (Å²) in [4.78, 5) is 34.8. The molecule has 0 fully saturated rings. The van der Waals surface area contributed by atoms with Crippen molar-refractivity contribution in [2.75, 3.05) is 23.4 Å². The van der Waals surface area contributed by atoms with E-state index in [0.717, 1.165) is 11.8 Å². The first-order valence-corrected chi connectivity index (χ1v) is 8.28. The second kappa shape index (κ2) is 9.83. The summed E-state index contributed by atoms with van der Waals surface area (Å²) < 4.78 is 13.4. The number of benzene rings is 1. The number of thioether (sulfide) groups is 1. The van der Waals surface area contributed by atoms with Gasteiger partial charge in [0.25, 0.3) is 0 Å². The number of likely N-dealkylation sites (N-methyl/N-ethyl adjacent to an activating group) is 1. The molecule has 1 atom stereocenters. The van der Waals surface area contributed by atoms with Gasteiger partial charge in [0, 0.05) is 6.54 Å². The van der Waals surface area contributed by atoms with Gasteiger partial charge in [-0.05, 0) is 26.0 Å². The normalized spacial score (nSPS) is 11.4. The molecule has 126 valence electrons. The minimum absolute atomic E-state index is 0.0112. The molecule has 0 saturated heterocycles. The van der Waals surface area contributed by atoms with Crippen LogP contribution in [0.1, 0.15) is 13.8 Å². The number of para-hydroxylation sites is 1. The SMILES string of the molecule is CCNC(=O)[C@@H](C)NC(=O)CSCC(=O)Nc1ccccc1F. The lowest BCUT2D eigenvalue weighted by Crippen LogP contribution is -2.45. The van der Waals surface area contributed by atoms with E-state index in [1.807, 2.05) is 0 Å². The molecule has 3 amide bonds. The molecule has 0 saturated carbocycles. The Bertz CT molecular complexity index is 569. The molecule has 0 aliphatic carbocycles. The standard InChI is InChI=1S/C15H20FN3O3S/c1-3-17-15(22)10(2)18-13(20)8-23-9-14(21)19-12-7-5-4-6-11(12)16/h4-7,10H,3,8-9H2,1-2H3,(H,17,22)(H,18,20)(H,19,21)/t10-/m1/s1. The van der Waals surface area contributed by atoms with Crippen LogP contribution < -0.4 is 16.0 Å². The summed E-state index contributed by atoms with van der Waals surface area (Å²) in [5.74, 6) is -1.47. The molecule has 0 heterocycles. The lowest BCUT2D eigenvalue weighted by Gasteiger charge is -2.13. The largest absolute Gasteiger partial charge is 0.355 e. The fourth-order valence-corrected chi connectivity index (χ4v) is 2.29. The van der Waals surface area contributed by atoms with Crippen LogP contribution in [0.3, 0.4) is 0 Å². The molecule has 6 nitrogen and oxygen atoms in total. The Labute approximate surface area is 138 Å². The van der Waals surface area contributed by atoms with Crippen molar-refractivity contribution in [3.63, 3.8) is 0 Å². The van der Waals surface area contributed by atoms with Crippen LogP contribution in [0.25, 0.3) is 0 Å². The third-order valence-electron chi connectivity index (χ3n) is 2.74. The maximum Gasteiger partial charge on any atom is 0.242 e. The highest BCUT2D eigenvalue weighted by molar-refractivity contribution is 8.00. The van der Waals surface area contributed by atoms with Gasteiger partial charge in [-0.3, -0.25) is 14.4 Å². The first-order chi connectivity index (χ1) is 10.9. The van der Waals surface area contributed by atoms with Crippen LogP contribution in [-0.4, -0.2) is 41.8 Å². The Morgan fingerprint density at radius 3 is 2.48 bits per heavy atom. The molecule has 0 aliphatic heterocycles. The van der Waals surface area contributed by atoms with E-state index in [9.17, 15) is 18.8 Å². The van der Waals surface area contributed by atoms with Crippen molar-refractivity contribution in [1.29, 1.82) is 0 Å². The van der Waals surface area contributed by atoms with Crippen molar-refractivity contribution in [1.82, 2.24) is 10.6 Å². The first-order valence-electron chi connectivity index (χ1n) is 7.13. The number of nitrogens with one attached hydrogen (secondary N) is 3. The van der Waals surface area contributed by atoms with E-state index in [4.69, 9.17) is 0 Å². The topological polar surface area (TPSA) is 87.3 Å². The quantitative estimate of drug-likeness (QED) is 0.662. The number of halogens is 1. The molecule has 3 N–H and O–H groups in total. The number of amides is 3. The molecule has 1 rings (SSSR count). The van der Waals surface area contributed by atoms with Crippen molar-refractivity contribution in [2.24, 2.45) is 0 Å². The van der Waals surface area contributed by atoms with Crippen LogP contribution in [-0.2, 0) is 14.4 Å². The molecular weight excluding hydrogens is 321 g/mol. The highest BCUT2D eigenvalue weighted by Gasteiger charge is 2.15. The minimum Gasteiger partial charge on any atom is -0.355 e. The second-order valence-corrected chi connectivity index (χ2v) is 5.69. The van der Waals surface area contributed by atoms with Gasteiger partial charge in [0.1, 0.15) is 11.9 Å². The summed E-state index contributed by atoms with van der Waals surface area (Å²) in [6.07, 6.45) is 0. The molecule has 0 aliphatic rings. The molecule has 0 aromatic heterocycles. The van der Waals surface area contributed by atoms with Gasteiger partial charge >= 0.3 is 0 Å². The predicted molar refractivity (Wildman–Crippen MR) is 88.6 cm³/mol. The average Bonchev–Trinajstić information content (AvgIpc) is 2.49. The fourth-order valence-electron chi connectivity index (χ4n) is 1.66. The van der Waals surface area contributed by atoms with Crippen molar-refractivity contribution in [3.05, 3.63) is 30.1 Å². The average molecular weight is 341 g/mol. The Balaban J connectivity index is 2.28. The van der Waals surface area contributed by atoms with Crippen molar-refractivity contribution < 1.29 is 18.8 Å². The van der Waals surface area contributed by atoms with Crippen LogP contribution in [0, 0.1) is 5.82 Å². The lowest BCUT2D eigenvalue weighted by atomic mass is 10.3. The third-order valence-corrected chi connectivity index (χ3v) is 3.67. The summed E-state index contributed by atoms with van der Waals surface area (Å²) in [6, 6.07) is 5.22. The zero-order valence-corrected chi connectivity index (χ0v) is 13.8. The second-order valence-electron chi connectivity index (χ2n) is 4.70. The minimum atomic E-state index is -0.629. The molecule has 0 radical (unpaired) electrons. The van der Waals surface area contributed by atoms with Gasteiger partial charge in [-0.15, -0.1) is 11.8 Å². The summed E-state index contributed by atoms with van der Waals surface area (Å²) >= 11 is 1.08. The van der Waals surface area contributed by atoms with Crippen LogP contribution in [0.2, 0.25) is 0 Å². The van der Waals surface area contributed by atoms with Crippen molar-refractivity contribution in [3.8, 4) is 0 Å². The molecule has 23 heavy (non-hydrogen) atoms. The van der Waals surface area contributed by atoms with E-state index < -0.39 is 17.8 Å². The monoisotopic (exact) mass is 341 g/mol. The molecule has 0 unspecified atom stereocenters. The van der Waals surface area contributed by atoms with Gasteiger partial charge in [-0.2, -0.15) is 0 Å². The van der Waals surface area contributed by atoms with E-state index >= 15 is 0 Å². The van der Waals surface area contributed by atoms with E-state index in [-0.39, 0.29) is 29.0 Å². The summed E-state index contributed by atoms with van der Waals surface area (Å²) in [7, 11) is 0. The molecular formula is C15H20FN3O3S. The number of rotatable bonds is 8. The zero-order chi connectivity index (χ0) is 17.2. The Hall–Kier alpha value is -2.09. The Morgan fingerprint density at radius 2 is 1.83 bits per heavy atom.